The summed E-state index contributed by atoms with van der Waals surface area (Å²) < 4.78 is 0. The zero-order valence-corrected chi connectivity index (χ0v) is 19.8. The van der Waals surface area contributed by atoms with Crippen LogP contribution in [0.3, 0.4) is 0 Å². The van der Waals surface area contributed by atoms with Gasteiger partial charge in [0.05, 0.1) is 12.1 Å². The van der Waals surface area contributed by atoms with E-state index in [2.05, 4.69) is 43.5 Å². The largest absolute Gasteiger partial charge is 0.316 e. The van der Waals surface area contributed by atoms with Crippen molar-refractivity contribution in [2.45, 2.75) is 83.6 Å². The standard InChI is InChI=1S/C26H34N2O2S/c1-26(2,3)18-14-12-17(13-15-18)24(30)23-20-10-6-7-11-21(20)31-25(23)28-22(29)16-27-19-8-4-5-9-19/h12-15,19,27H,4-11,16H2,1-3H3,(H,28,29). The maximum atomic E-state index is 13.5. The van der Waals surface area contributed by atoms with Gasteiger partial charge in [0.25, 0.3) is 0 Å². The Morgan fingerprint density at radius 2 is 1.68 bits per heavy atom. The van der Waals surface area contributed by atoms with Crippen LogP contribution in [0.2, 0.25) is 0 Å². The number of hydrogen-bond acceptors (Lipinski definition) is 4. The molecule has 1 saturated carbocycles. The van der Waals surface area contributed by atoms with Crippen molar-refractivity contribution < 1.29 is 9.59 Å². The van der Waals surface area contributed by atoms with E-state index in [0.717, 1.165) is 54.7 Å². The Labute approximate surface area is 189 Å². The highest BCUT2D eigenvalue weighted by molar-refractivity contribution is 7.17. The van der Waals surface area contributed by atoms with Crippen molar-refractivity contribution in [1.82, 2.24) is 5.32 Å². The lowest BCUT2D eigenvalue weighted by atomic mass is 9.86. The Morgan fingerprint density at radius 1 is 1.00 bits per heavy atom. The van der Waals surface area contributed by atoms with E-state index in [-0.39, 0.29) is 17.1 Å². The molecule has 2 aliphatic rings. The second-order valence-corrected chi connectivity index (χ2v) is 11.1. The molecule has 1 heterocycles. The van der Waals surface area contributed by atoms with Crippen molar-refractivity contribution in [3.8, 4) is 0 Å². The predicted molar refractivity (Wildman–Crippen MR) is 128 cm³/mol. The number of nitrogens with one attached hydrogen (secondary N) is 2. The van der Waals surface area contributed by atoms with Crippen molar-refractivity contribution in [2.24, 2.45) is 0 Å². The monoisotopic (exact) mass is 438 g/mol. The van der Waals surface area contributed by atoms with Gasteiger partial charge in [0.15, 0.2) is 5.78 Å². The first kappa shape index (κ1) is 22.2. The van der Waals surface area contributed by atoms with Crippen LogP contribution in [0.5, 0.6) is 0 Å². The molecule has 0 bridgehead atoms. The molecule has 1 aromatic heterocycles. The molecule has 1 amide bonds. The predicted octanol–water partition coefficient (Wildman–Crippen LogP) is 5.63. The van der Waals surface area contributed by atoms with Gasteiger partial charge in [-0.05, 0) is 55.1 Å². The smallest absolute Gasteiger partial charge is 0.238 e. The van der Waals surface area contributed by atoms with E-state index in [1.807, 2.05) is 12.1 Å². The van der Waals surface area contributed by atoms with Crippen LogP contribution >= 0.6 is 11.3 Å². The average Bonchev–Trinajstić information content (AvgIpc) is 3.38. The highest BCUT2D eigenvalue weighted by atomic mass is 32.1. The third kappa shape index (κ3) is 5.09. The molecule has 31 heavy (non-hydrogen) atoms. The normalized spacial score (nSPS) is 16.9. The fraction of sp³-hybridized carbons (Fsp3) is 0.538. The fourth-order valence-electron chi connectivity index (χ4n) is 4.70. The van der Waals surface area contributed by atoms with E-state index < -0.39 is 0 Å². The maximum Gasteiger partial charge on any atom is 0.238 e. The number of aryl methyl sites for hydroxylation is 1. The van der Waals surface area contributed by atoms with E-state index in [4.69, 9.17) is 0 Å². The first-order valence-corrected chi connectivity index (χ1v) is 12.5. The van der Waals surface area contributed by atoms with Gasteiger partial charge in [-0.1, -0.05) is 57.9 Å². The lowest BCUT2D eigenvalue weighted by Crippen LogP contribution is -2.34. The number of hydrogen-bond donors (Lipinski definition) is 2. The lowest BCUT2D eigenvalue weighted by Gasteiger charge is -2.19. The van der Waals surface area contributed by atoms with Crippen molar-refractivity contribution in [3.05, 3.63) is 51.4 Å². The van der Waals surface area contributed by atoms with Gasteiger partial charge >= 0.3 is 0 Å². The van der Waals surface area contributed by atoms with Crippen LogP contribution in [0.1, 0.15) is 91.2 Å². The molecule has 0 unspecified atom stereocenters. The zero-order chi connectivity index (χ0) is 22.0. The van der Waals surface area contributed by atoms with Gasteiger partial charge in [-0.15, -0.1) is 11.3 Å². The van der Waals surface area contributed by atoms with E-state index in [1.54, 1.807) is 11.3 Å². The molecule has 5 heteroatoms. The van der Waals surface area contributed by atoms with E-state index >= 15 is 0 Å². The third-order valence-electron chi connectivity index (χ3n) is 6.57. The summed E-state index contributed by atoms with van der Waals surface area (Å²) >= 11 is 1.60. The van der Waals surface area contributed by atoms with Crippen LogP contribution < -0.4 is 10.6 Å². The summed E-state index contributed by atoms with van der Waals surface area (Å²) in [5.74, 6) is -0.0264. The Morgan fingerprint density at radius 3 is 2.35 bits per heavy atom. The molecule has 0 saturated heterocycles. The average molecular weight is 439 g/mol. The van der Waals surface area contributed by atoms with Gasteiger partial charge < -0.3 is 10.6 Å². The SMILES string of the molecule is CC(C)(C)c1ccc(C(=O)c2c(NC(=O)CNC3CCCC3)sc3c2CCCC3)cc1. The minimum atomic E-state index is -0.0531. The van der Waals surface area contributed by atoms with Gasteiger partial charge in [-0.3, -0.25) is 9.59 Å². The number of carbonyl (C=O) groups excluding carboxylic acids is 2. The van der Waals surface area contributed by atoms with E-state index in [1.165, 1.54) is 23.3 Å². The number of fused-ring (bicyclic) bond motifs is 1. The maximum absolute atomic E-state index is 13.5. The molecular weight excluding hydrogens is 404 g/mol. The molecule has 1 fully saturated rings. The van der Waals surface area contributed by atoms with Crippen LogP contribution in [0, 0.1) is 0 Å². The van der Waals surface area contributed by atoms with Gasteiger partial charge in [0.2, 0.25) is 5.91 Å². The molecule has 0 aliphatic heterocycles. The van der Waals surface area contributed by atoms with E-state index in [9.17, 15) is 9.59 Å². The Bertz CT molecular complexity index is 947. The minimum Gasteiger partial charge on any atom is -0.316 e. The molecule has 2 N–H and O–H groups in total. The first-order valence-electron chi connectivity index (χ1n) is 11.7. The molecule has 0 atom stereocenters. The van der Waals surface area contributed by atoms with Crippen molar-refractivity contribution in [2.75, 3.05) is 11.9 Å². The molecule has 0 spiro atoms. The fourth-order valence-corrected chi connectivity index (χ4v) is 6.00. The van der Waals surface area contributed by atoms with Crippen LogP contribution in [0.4, 0.5) is 5.00 Å². The number of carbonyl (C=O) groups is 2. The molecule has 4 rings (SSSR count). The van der Waals surface area contributed by atoms with E-state index in [0.29, 0.717) is 18.2 Å². The van der Waals surface area contributed by atoms with Gasteiger partial charge in [-0.2, -0.15) is 0 Å². The van der Waals surface area contributed by atoms with Gasteiger partial charge in [0, 0.05) is 16.5 Å². The molecule has 4 nitrogen and oxygen atoms in total. The summed E-state index contributed by atoms with van der Waals surface area (Å²) in [6, 6.07) is 8.42. The van der Waals surface area contributed by atoms with Gasteiger partial charge in [-0.25, -0.2) is 0 Å². The summed E-state index contributed by atoms with van der Waals surface area (Å²) in [6.45, 7) is 6.83. The topological polar surface area (TPSA) is 58.2 Å². The molecule has 2 aliphatic carbocycles. The van der Waals surface area contributed by atoms with Crippen molar-refractivity contribution in [1.29, 1.82) is 0 Å². The molecular formula is C26H34N2O2S. The van der Waals surface area contributed by atoms with Crippen molar-refractivity contribution >= 4 is 28.0 Å². The number of ketones is 1. The molecule has 0 radical (unpaired) electrons. The molecule has 1 aromatic carbocycles. The summed E-state index contributed by atoms with van der Waals surface area (Å²) in [4.78, 5) is 27.5. The van der Waals surface area contributed by atoms with Gasteiger partial charge in [0.1, 0.15) is 5.00 Å². The number of rotatable bonds is 6. The number of amides is 1. The van der Waals surface area contributed by atoms with Crippen molar-refractivity contribution in [3.63, 3.8) is 0 Å². The lowest BCUT2D eigenvalue weighted by molar-refractivity contribution is -0.115. The summed E-state index contributed by atoms with van der Waals surface area (Å²) in [5, 5.41) is 7.18. The Balaban J connectivity index is 1.56. The molecule has 2 aromatic rings. The molecule has 166 valence electrons. The Kier molecular flexibility index (Phi) is 6.63. The van der Waals surface area contributed by atoms with Crippen LogP contribution in [-0.4, -0.2) is 24.3 Å². The summed E-state index contributed by atoms with van der Waals surface area (Å²) in [5.41, 5.74) is 3.83. The number of benzene rings is 1. The number of thiophene rings is 1. The second kappa shape index (κ2) is 9.25. The highest BCUT2D eigenvalue weighted by Gasteiger charge is 2.27. The summed E-state index contributed by atoms with van der Waals surface area (Å²) in [7, 11) is 0. The highest BCUT2D eigenvalue weighted by Crippen LogP contribution is 2.39. The number of anilines is 1. The Hall–Kier alpha value is -1.98. The minimum absolute atomic E-state index is 0.0268. The quantitative estimate of drug-likeness (QED) is 0.575. The van der Waals surface area contributed by atoms with Crippen LogP contribution in [0.15, 0.2) is 24.3 Å². The van der Waals surface area contributed by atoms with Crippen LogP contribution in [-0.2, 0) is 23.1 Å². The van der Waals surface area contributed by atoms with Crippen LogP contribution in [0.25, 0.3) is 0 Å². The first-order chi connectivity index (χ1) is 14.8. The second-order valence-electron chi connectivity index (χ2n) is 9.98. The summed E-state index contributed by atoms with van der Waals surface area (Å²) in [6.07, 6.45) is 8.95. The zero-order valence-electron chi connectivity index (χ0n) is 19.0. The third-order valence-corrected chi connectivity index (χ3v) is 7.78.